The second-order valence-electron chi connectivity index (χ2n) is 5.73. The molecule has 1 heterocycles. The number of rotatable bonds is 5. The molecule has 1 saturated heterocycles. The van der Waals surface area contributed by atoms with E-state index in [1.54, 1.807) is 7.11 Å². The Morgan fingerprint density at radius 1 is 1.27 bits per heavy atom. The molecule has 1 amide bonds. The first-order chi connectivity index (χ1) is 10.6. The van der Waals surface area contributed by atoms with Crippen LogP contribution in [-0.2, 0) is 11.3 Å². The summed E-state index contributed by atoms with van der Waals surface area (Å²) < 4.78 is 5.48. The molecule has 0 aliphatic carbocycles. The number of benzene rings is 1. The number of carbonyl (C=O) groups is 1. The molecule has 5 nitrogen and oxygen atoms in total. The summed E-state index contributed by atoms with van der Waals surface area (Å²) in [4.78, 5) is 13.4. The van der Waals surface area contributed by atoms with Gasteiger partial charge in [-0.25, -0.2) is 5.43 Å². The zero-order valence-corrected chi connectivity index (χ0v) is 13.7. The van der Waals surface area contributed by atoms with E-state index in [0.717, 1.165) is 36.7 Å². The third-order valence-electron chi connectivity index (χ3n) is 3.92. The van der Waals surface area contributed by atoms with Crippen LogP contribution in [0.3, 0.4) is 0 Å². The van der Waals surface area contributed by atoms with Crippen molar-refractivity contribution in [2.75, 3.05) is 20.2 Å². The molecule has 1 fully saturated rings. The molecule has 0 unspecified atom stereocenters. The Morgan fingerprint density at radius 3 is 2.64 bits per heavy atom. The van der Waals surface area contributed by atoms with Crippen molar-refractivity contribution in [3.8, 4) is 5.75 Å². The lowest BCUT2D eigenvalue weighted by Gasteiger charge is -2.27. The fourth-order valence-corrected chi connectivity index (χ4v) is 2.71. The monoisotopic (exact) mass is 303 g/mol. The first kappa shape index (κ1) is 16.5. The third kappa shape index (κ3) is 4.56. The maximum Gasteiger partial charge on any atom is 0.236 e. The number of amides is 1. The van der Waals surface area contributed by atoms with Gasteiger partial charge in [-0.3, -0.25) is 9.69 Å². The van der Waals surface area contributed by atoms with E-state index in [4.69, 9.17) is 4.74 Å². The van der Waals surface area contributed by atoms with Gasteiger partial charge in [0, 0.05) is 19.0 Å². The summed E-state index contributed by atoms with van der Waals surface area (Å²) in [7, 11) is 1.70. The molecular weight excluding hydrogens is 278 g/mol. The Hall–Kier alpha value is -1.88. The van der Waals surface area contributed by atoms with Gasteiger partial charge in [0.1, 0.15) is 5.75 Å². The lowest BCUT2D eigenvalue weighted by molar-refractivity contribution is -0.118. The fourth-order valence-electron chi connectivity index (χ4n) is 2.71. The minimum absolute atomic E-state index is 0.165. The second kappa shape index (κ2) is 7.94. The van der Waals surface area contributed by atoms with Gasteiger partial charge in [0.05, 0.1) is 12.8 Å². The molecule has 0 bridgehead atoms. The van der Waals surface area contributed by atoms with E-state index in [1.807, 2.05) is 19.1 Å². The van der Waals surface area contributed by atoms with E-state index >= 15 is 0 Å². The van der Waals surface area contributed by atoms with E-state index < -0.39 is 0 Å². The van der Waals surface area contributed by atoms with Crippen LogP contribution in [0.25, 0.3) is 0 Å². The van der Waals surface area contributed by atoms with Crippen LogP contribution >= 0.6 is 0 Å². The van der Waals surface area contributed by atoms with Crippen LogP contribution in [0.1, 0.15) is 44.2 Å². The molecule has 0 radical (unpaired) electrons. The maximum atomic E-state index is 11.0. The van der Waals surface area contributed by atoms with Crippen molar-refractivity contribution in [3.05, 3.63) is 29.3 Å². The Balaban J connectivity index is 2.17. The third-order valence-corrected chi connectivity index (χ3v) is 3.92. The maximum absolute atomic E-state index is 11.0. The Bertz CT molecular complexity index is 549. The number of hydrogen-bond acceptors (Lipinski definition) is 4. The molecule has 0 atom stereocenters. The van der Waals surface area contributed by atoms with Gasteiger partial charge < -0.3 is 4.74 Å². The van der Waals surface area contributed by atoms with Gasteiger partial charge in [-0.05, 0) is 56.6 Å². The van der Waals surface area contributed by atoms with Crippen LogP contribution in [0.15, 0.2) is 23.3 Å². The molecule has 1 aliphatic heterocycles. The molecule has 1 aromatic carbocycles. The Kier molecular flexibility index (Phi) is 5.95. The summed E-state index contributed by atoms with van der Waals surface area (Å²) in [5, 5.41) is 4.10. The highest BCUT2D eigenvalue weighted by atomic mass is 16.5. The highest BCUT2D eigenvalue weighted by molar-refractivity contribution is 5.99. The van der Waals surface area contributed by atoms with E-state index in [0.29, 0.717) is 0 Å². The fraction of sp³-hybridized carbons (Fsp3) is 0.529. The number of likely N-dealkylation sites (tertiary alicyclic amines) is 1. The zero-order valence-electron chi connectivity index (χ0n) is 13.7. The molecule has 120 valence electrons. The van der Waals surface area contributed by atoms with Gasteiger partial charge in [0.15, 0.2) is 0 Å². The van der Waals surface area contributed by atoms with Gasteiger partial charge >= 0.3 is 0 Å². The topological polar surface area (TPSA) is 53.9 Å². The minimum atomic E-state index is -0.165. The zero-order chi connectivity index (χ0) is 15.9. The summed E-state index contributed by atoms with van der Waals surface area (Å²) in [6.45, 7) is 6.53. The predicted molar refractivity (Wildman–Crippen MR) is 88.1 cm³/mol. The van der Waals surface area contributed by atoms with E-state index in [9.17, 15) is 4.79 Å². The van der Waals surface area contributed by atoms with Crippen molar-refractivity contribution in [2.45, 2.75) is 39.7 Å². The highest BCUT2D eigenvalue weighted by Crippen LogP contribution is 2.23. The molecule has 22 heavy (non-hydrogen) atoms. The summed E-state index contributed by atoms with van der Waals surface area (Å²) in [6, 6.07) is 6.05. The van der Waals surface area contributed by atoms with Crippen LogP contribution < -0.4 is 10.2 Å². The van der Waals surface area contributed by atoms with Crippen molar-refractivity contribution in [1.82, 2.24) is 10.3 Å². The second-order valence-corrected chi connectivity index (χ2v) is 5.73. The number of carbonyl (C=O) groups excluding carboxylic acids is 1. The van der Waals surface area contributed by atoms with Crippen LogP contribution in [0, 0.1) is 0 Å². The molecule has 0 aromatic heterocycles. The van der Waals surface area contributed by atoms with Crippen molar-refractivity contribution < 1.29 is 9.53 Å². The lowest BCUT2D eigenvalue weighted by atomic mass is 10.0. The molecule has 1 aromatic rings. The number of nitrogens with one attached hydrogen (secondary N) is 1. The predicted octanol–water partition coefficient (Wildman–Crippen LogP) is 2.54. The van der Waals surface area contributed by atoms with Gasteiger partial charge in [-0.15, -0.1) is 0 Å². The summed E-state index contributed by atoms with van der Waals surface area (Å²) >= 11 is 0. The number of hydrazone groups is 1. The number of hydrogen-bond donors (Lipinski definition) is 1. The molecule has 0 saturated carbocycles. The minimum Gasteiger partial charge on any atom is -0.496 e. The highest BCUT2D eigenvalue weighted by Gasteiger charge is 2.14. The van der Waals surface area contributed by atoms with E-state index in [-0.39, 0.29) is 5.91 Å². The molecule has 5 heteroatoms. The SMILES string of the molecule is COc1ccc(/C(C)=N\NC(C)=O)cc1CN1CCCCC1. The van der Waals surface area contributed by atoms with Gasteiger partial charge in [-0.1, -0.05) is 6.42 Å². The Morgan fingerprint density at radius 2 is 2.00 bits per heavy atom. The smallest absolute Gasteiger partial charge is 0.236 e. The van der Waals surface area contributed by atoms with Crippen molar-refractivity contribution in [2.24, 2.45) is 5.10 Å². The first-order valence-corrected chi connectivity index (χ1v) is 7.80. The van der Waals surface area contributed by atoms with Crippen LogP contribution in [-0.4, -0.2) is 36.7 Å². The standard InChI is InChI=1S/C17H25N3O2/c1-13(18-19-14(2)21)15-7-8-17(22-3)16(11-15)12-20-9-5-4-6-10-20/h7-8,11H,4-6,9-10,12H2,1-3H3,(H,19,21)/b18-13-. The average Bonchev–Trinajstić information content (AvgIpc) is 2.53. The van der Waals surface area contributed by atoms with E-state index in [2.05, 4.69) is 21.5 Å². The number of ether oxygens (including phenoxy) is 1. The number of piperidine rings is 1. The quantitative estimate of drug-likeness (QED) is 0.672. The molecule has 2 rings (SSSR count). The van der Waals surface area contributed by atoms with Crippen molar-refractivity contribution in [3.63, 3.8) is 0 Å². The van der Waals surface area contributed by atoms with Crippen LogP contribution in [0.4, 0.5) is 0 Å². The molecule has 0 spiro atoms. The van der Waals surface area contributed by atoms with Crippen LogP contribution in [0.2, 0.25) is 0 Å². The largest absolute Gasteiger partial charge is 0.496 e. The van der Waals surface area contributed by atoms with Gasteiger partial charge in [0.2, 0.25) is 5.91 Å². The summed E-state index contributed by atoms with van der Waals surface area (Å²) in [5.41, 5.74) is 5.44. The molecule has 1 aliphatic rings. The normalized spacial score (nSPS) is 16.4. The summed E-state index contributed by atoms with van der Waals surface area (Å²) in [6.07, 6.45) is 3.87. The molecule has 1 N–H and O–H groups in total. The van der Waals surface area contributed by atoms with E-state index in [1.165, 1.54) is 31.7 Å². The molecular formula is C17H25N3O2. The average molecular weight is 303 g/mol. The van der Waals surface area contributed by atoms with Gasteiger partial charge in [-0.2, -0.15) is 5.10 Å². The first-order valence-electron chi connectivity index (χ1n) is 7.80. The number of nitrogens with zero attached hydrogens (tertiary/aromatic N) is 2. The Labute approximate surface area is 132 Å². The van der Waals surface area contributed by atoms with Gasteiger partial charge in [0.25, 0.3) is 0 Å². The number of methoxy groups -OCH3 is 1. The van der Waals surface area contributed by atoms with Crippen LogP contribution in [0.5, 0.6) is 5.75 Å². The summed E-state index contributed by atoms with van der Waals surface area (Å²) in [5.74, 6) is 0.739. The lowest BCUT2D eigenvalue weighted by Crippen LogP contribution is -2.29. The van der Waals surface area contributed by atoms with Crippen molar-refractivity contribution >= 4 is 11.6 Å². The van der Waals surface area contributed by atoms with Crippen molar-refractivity contribution in [1.29, 1.82) is 0 Å².